The number of carbonyl (C=O) groups excluding carboxylic acids is 1. The zero-order valence-electron chi connectivity index (χ0n) is 9.07. The van der Waals surface area contributed by atoms with Crippen molar-refractivity contribution in [1.29, 1.82) is 5.26 Å². The number of thioether (sulfide) groups is 1. The molecule has 1 aromatic carbocycles. The number of halogens is 1. The quantitative estimate of drug-likeness (QED) is 0.913. The van der Waals surface area contributed by atoms with Crippen LogP contribution >= 0.6 is 27.7 Å². The summed E-state index contributed by atoms with van der Waals surface area (Å²) in [6.45, 7) is 0. The maximum atomic E-state index is 11.9. The van der Waals surface area contributed by atoms with Gasteiger partial charge in [0.25, 0.3) is 0 Å². The highest BCUT2D eigenvalue weighted by atomic mass is 79.9. The molecule has 0 aliphatic carbocycles. The summed E-state index contributed by atoms with van der Waals surface area (Å²) in [4.78, 5) is 11.9. The number of nitrogens with one attached hydrogen (secondary N) is 1. The second-order valence-electron chi connectivity index (χ2n) is 3.80. The minimum Gasteiger partial charge on any atom is -0.324 e. The van der Waals surface area contributed by atoms with Crippen LogP contribution in [0.3, 0.4) is 0 Å². The van der Waals surface area contributed by atoms with Crippen molar-refractivity contribution in [3.63, 3.8) is 0 Å². The van der Waals surface area contributed by atoms with Gasteiger partial charge in [-0.2, -0.15) is 5.26 Å². The van der Waals surface area contributed by atoms with E-state index in [0.29, 0.717) is 5.56 Å². The van der Waals surface area contributed by atoms with Gasteiger partial charge in [0.05, 0.1) is 22.6 Å². The summed E-state index contributed by atoms with van der Waals surface area (Å²) >= 11 is 5.06. The molecule has 0 radical (unpaired) electrons. The van der Waals surface area contributed by atoms with Gasteiger partial charge < -0.3 is 5.32 Å². The van der Waals surface area contributed by atoms with Gasteiger partial charge in [-0.3, -0.25) is 4.79 Å². The topological polar surface area (TPSA) is 52.9 Å². The van der Waals surface area contributed by atoms with Crippen molar-refractivity contribution in [2.45, 2.75) is 18.1 Å². The first kappa shape index (κ1) is 12.5. The van der Waals surface area contributed by atoms with Crippen LogP contribution in [0.15, 0.2) is 22.7 Å². The fraction of sp³-hybridized carbons (Fsp3) is 0.333. The monoisotopic (exact) mass is 310 g/mol. The predicted octanol–water partition coefficient (Wildman–Crippen LogP) is 3.15. The van der Waals surface area contributed by atoms with Crippen molar-refractivity contribution < 1.29 is 4.79 Å². The molecular formula is C12H11BrN2OS. The number of rotatable bonds is 2. The van der Waals surface area contributed by atoms with Crippen molar-refractivity contribution in [3.05, 3.63) is 28.2 Å². The fourth-order valence-corrected chi connectivity index (χ4v) is 3.32. The lowest BCUT2D eigenvalue weighted by Gasteiger charge is -2.11. The van der Waals surface area contributed by atoms with E-state index in [0.717, 1.165) is 28.8 Å². The number of hydrogen-bond donors (Lipinski definition) is 1. The highest BCUT2D eigenvalue weighted by Gasteiger charge is 2.23. The highest BCUT2D eigenvalue weighted by molar-refractivity contribution is 9.10. The molecule has 1 unspecified atom stereocenters. The van der Waals surface area contributed by atoms with Crippen LogP contribution in [0.5, 0.6) is 0 Å². The maximum absolute atomic E-state index is 11.9. The number of amides is 1. The minimum atomic E-state index is 0.0536. The molecule has 2 rings (SSSR count). The second-order valence-corrected chi connectivity index (χ2v) is 5.96. The SMILES string of the molecule is N#Cc1ccc(NC(=O)C2CCCS2)c(Br)c1. The Kier molecular flexibility index (Phi) is 4.08. The smallest absolute Gasteiger partial charge is 0.237 e. The largest absolute Gasteiger partial charge is 0.324 e. The Morgan fingerprint density at radius 1 is 1.59 bits per heavy atom. The molecule has 0 saturated carbocycles. The van der Waals surface area contributed by atoms with E-state index in [1.807, 2.05) is 0 Å². The third kappa shape index (κ3) is 3.02. The Hall–Kier alpha value is -0.990. The second kappa shape index (κ2) is 5.56. The van der Waals surface area contributed by atoms with E-state index in [1.54, 1.807) is 30.0 Å². The van der Waals surface area contributed by atoms with Gasteiger partial charge in [-0.15, -0.1) is 11.8 Å². The van der Waals surface area contributed by atoms with Crippen molar-refractivity contribution in [3.8, 4) is 6.07 Å². The van der Waals surface area contributed by atoms with E-state index < -0.39 is 0 Å². The van der Waals surface area contributed by atoms with Gasteiger partial charge in [0, 0.05) is 4.47 Å². The number of nitriles is 1. The molecule has 17 heavy (non-hydrogen) atoms. The number of nitrogens with zero attached hydrogens (tertiary/aromatic N) is 1. The lowest BCUT2D eigenvalue weighted by atomic mass is 10.2. The molecule has 1 saturated heterocycles. The van der Waals surface area contributed by atoms with Crippen molar-refractivity contribution in [2.24, 2.45) is 0 Å². The molecule has 1 heterocycles. The van der Waals surface area contributed by atoms with E-state index in [-0.39, 0.29) is 11.2 Å². The Morgan fingerprint density at radius 3 is 3.00 bits per heavy atom. The van der Waals surface area contributed by atoms with E-state index >= 15 is 0 Å². The highest BCUT2D eigenvalue weighted by Crippen LogP contribution is 2.29. The van der Waals surface area contributed by atoms with Gasteiger partial charge in [0.1, 0.15) is 0 Å². The van der Waals surface area contributed by atoms with Crippen molar-refractivity contribution in [2.75, 3.05) is 11.1 Å². The first-order valence-corrected chi connectivity index (χ1v) is 7.17. The molecule has 1 atom stereocenters. The average Bonchev–Trinajstić information content (AvgIpc) is 2.85. The Labute approximate surface area is 113 Å². The van der Waals surface area contributed by atoms with Crippen LogP contribution in [0.1, 0.15) is 18.4 Å². The summed E-state index contributed by atoms with van der Waals surface area (Å²) in [5.74, 6) is 1.12. The summed E-state index contributed by atoms with van der Waals surface area (Å²) in [6, 6.07) is 7.21. The molecular weight excluding hydrogens is 300 g/mol. The molecule has 1 aliphatic rings. The third-order valence-electron chi connectivity index (χ3n) is 2.58. The summed E-state index contributed by atoms with van der Waals surface area (Å²) in [5.41, 5.74) is 1.30. The molecule has 1 fully saturated rings. The van der Waals surface area contributed by atoms with Crippen molar-refractivity contribution in [1.82, 2.24) is 0 Å². The van der Waals surface area contributed by atoms with Crippen LogP contribution in [-0.2, 0) is 4.79 Å². The van der Waals surface area contributed by atoms with Gasteiger partial charge in [0.2, 0.25) is 5.91 Å². The summed E-state index contributed by atoms with van der Waals surface area (Å²) in [7, 11) is 0. The molecule has 0 spiro atoms. The lowest BCUT2D eigenvalue weighted by Crippen LogP contribution is -2.23. The Bertz CT molecular complexity index is 478. The summed E-state index contributed by atoms with van der Waals surface area (Å²) in [5, 5.41) is 11.7. The lowest BCUT2D eigenvalue weighted by molar-refractivity contribution is -0.115. The van der Waals surface area contributed by atoms with E-state index in [9.17, 15) is 4.79 Å². The third-order valence-corrected chi connectivity index (χ3v) is 4.61. The van der Waals surface area contributed by atoms with Crippen LogP contribution in [-0.4, -0.2) is 16.9 Å². The van der Waals surface area contributed by atoms with Crippen molar-refractivity contribution >= 4 is 39.3 Å². The van der Waals surface area contributed by atoms with Gasteiger partial charge >= 0.3 is 0 Å². The van der Waals surface area contributed by atoms with Gasteiger partial charge in [-0.25, -0.2) is 0 Å². The molecule has 88 valence electrons. The van der Waals surface area contributed by atoms with E-state index in [1.165, 1.54) is 0 Å². The van der Waals surface area contributed by atoms with E-state index in [4.69, 9.17) is 5.26 Å². The predicted molar refractivity (Wildman–Crippen MR) is 73.0 cm³/mol. The van der Waals surface area contributed by atoms with Crippen LogP contribution in [0, 0.1) is 11.3 Å². The average molecular weight is 311 g/mol. The van der Waals surface area contributed by atoms with E-state index in [2.05, 4.69) is 27.3 Å². The molecule has 1 aliphatic heterocycles. The zero-order chi connectivity index (χ0) is 12.3. The molecule has 0 aromatic heterocycles. The van der Waals surface area contributed by atoms with Crippen LogP contribution in [0.4, 0.5) is 5.69 Å². The molecule has 1 aromatic rings. The summed E-state index contributed by atoms with van der Waals surface area (Å²) < 4.78 is 0.743. The van der Waals surface area contributed by atoms with Crippen LogP contribution in [0.25, 0.3) is 0 Å². The minimum absolute atomic E-state index is 0.0536. The number of carbonyl (C=O) groups is 1. The van der Waals surface area contributed by atoms with Gasteiger partial charge in [-0.1, -0.05) is 0 Å². The van der Waals surface area contributed by atoms with Gasteiger partial charge in [-0.05, 0) is 52.7 Å². The first-order valence-electron chi connectivity index (χ1n) is 5.33. The van der Waals surface area contributed by atoms with Gasteiger partial charge in [0.15, 0.2) is 0 Å². The molecule has 5 heteroatoms. The summed E-state index contributed by atoms with van der Waals surface area (Å²) in [6.07, 6.45) is 2.06. The molecule has 3 nitrogen and oxygen atoms in total. The molecule has 0 bridgehead atoms. The standard InChI is InChI=1S/C12H11BrN2OS/c13-9-6-8(7-14)3-4-10(9)15-12(16)11-2-1-5-17-11/h3-4,6,11H,1-2,5H2,(H,15,16). The number of hydrogen-bond acceptors (Lipinski definition) is 3. The van der Waals surface area contributed by atoms with Crippen LogP contribution < -0.4 is 5.32 Å². The number of anilines is 1. The van der Waals surface area contributed by atoms with Crippen LogP contribution in [0.2, 0.25) is 0 Å². The normalized spacial score (nSPS) is 18.7. The number of benzene rings is 1. The maximum Gasteiger partial charge on any atom is 0.237 e. The Balaban J connectivity index is 2.08. The zero-order valence-corrected chi connectivity index (χ0v) is 11.5. The first-order chi connectivity index (χ1) is 8.20. The fourth-order valence-electron chi connectivity index (χ4n) is 1.68. The Morgan fingerprint density at radius 2 is 2.41 bits per heavy atom. The molecule has 1 amide bonds. The molecule has 1 N–H and O–H groups in total.